The fraction of sp³-hybridized carbons (Fsp3) is 0.667. The summed E-state index contributed by atoms with van der Waals surface area (Å²) in [5, 5.41) is 4.84. The molecular formula is C12H19N3O3S. The molecule has 6 nitrogen and oxygen atoms in total. The van der Waals surface area contributed by atoms with Crippen molar-refractivity contribution in [2.24, 2.45) is 0 Å². The number of carbonyl (C=O) groups excluding carboxylic acids is 1. The quantitative estimate of drug-likeness (QED) is 0.731. The number of rotatable bonds is 7. The number of carbonyl (C=O) groups is 1. The third kappa shape index (κ3) is 4.77. The van der Waals surface area contributed by atoms with Crippen LogP contribution in [0, 0.1) is 0 Å². The highest BCUT2D eigenvalue weighted by Crippen LogP contribution is 2.12. The molecule has 7 heteroatoms. The van der Waals surface area contributed by atoms with Crippen molar-refractivity contribution in [3.8, 4) is 0 Å². The minimum Gasteiger partial charge on any atom is -0.379 e. The molecule has 1 fully saturated rings. The third-order valence-electron chi connectivity index (χ3n) is 2.83. The van der Waals surface area contributed by atoms with Gasteiger partial charge in [-0.2, -0.15) is 0 Å². The van der Waals surface area contributed by atoms with E-state index in [4.69, 9.17) is 15.2 Å². The molecule has 0 aliphatic carbocycles. The van der Waals surface area contributed by atoms with Gasteiger partial charge in [-0.05, 0) is 19.3 Å². The maximum absolute atomic E-state index is 11.6. The van der Waals surface area contributed by atoms with Gasteiger partial charge in [0.15, 0.2) is 5.13 Å². The molecule has 19 heavy (non-hydrogen) atoms. The highest BCUT2D eigenvalue weighted by atomic mass is 32.1. The molecule has 2 rings (SSSR count). The smallest absolute Gasteiger partial charge is 0.270 e. The lowest BCUT2D eigenvalue weighted by Crippen LogP contribution is -2.26. The molecule has 1 unspecified atom stereocenters. The second kappa shape index (κ2) is 7.42. The van der Waals surface area contributed by atoms with Crippen LogP contribution >= 0.6 is 11.3 Å². The molecule has 0 radical (unpaired) electrons. The lowest BCUT2D eigenvalue weighted by molar-refractivity contribution is 0.0166. The Hall–Kier alpha value is -1.18. The highest BCUT2D eigenvalue weighted by Gasteiger charge is 2.15. The van der Waals surface area contributed by atoms with Gasteiger partial charge in [-0.1, -0.05) is 0 Å². The monoisotopic (exact) mass is 285 g/mol. The highest BCUT2D eigenvalue weighted by molar-refractivity contribution is 7.13. The lowest BCUT2D eigenvalue weighted by Gasteiger charge is -2.10. The van der Waals surface area contributed by atoms with Crippen LogP contribution < -0.4 is 11.1 Å². The van der Waals surface area contributed by atoms with E-state index in [-0.39, 0.29) is 12.0 Å². The maximum atomic E-state index is 11.6. The zero-order chi connectivity index (χ0) is 13.5. The van der Waals surface area contributed by atoms with Gasteiger partial charge in [0.2, 0.25) is 0 Å². The SMILES string of the molecule is Nc1nc(C(=O)NCCCOCC2CCCO2)cs1. The Kier molecular flexibility index (Phi) is 5.56. The molecule has 0 saturated carbocycles. The first kappa shape index (κ1) is 14.2. The Balaban J connectivity index is 1.50. The van der Waals surface area contributed by atoms with Gasteiger partial charge in [0.25, 0.3) is 5.91 Å². The van der Waals surface area contributed by atoms with Gasteiger partial charge in [0.05, 0.1) is 12.7 Å². The van der Waals surface area contributed by atoms with Gasteiger partial charge in [-0.25, -0.2) is 4.98 Å². The number of nitrogen functional groups attached to an aromatic ring is 1. The molecule has 2 heterocycles. The Morgan fingerprint density at radius 1 is 1.68 bits per heavy atom. The van der Waals surface area contributed by atoms with Crippen LogP contribution in [-0.2, 0) is 9.47 Å². The number of amides is 1. The van der Waals surface area contributed by atoms with E-state index in [1.807, 2.05) is 0 Å². The average Bonchev–Trinajstić information content (AvgIpc) is 3.04. The van der Waals surface area contributed by atoms with Gasteiger partial charge in [-0.3, -0.25) is 4.79 Å². The van der Waals surface area contributed by atoms with Gasteiger partial charge < -0.3 is 20.5 Å². The molecule has 106 valence electrons. The number of thiazole rings is 1. The van der Waals surface area contributed by atoms with Crippen molar-refractivity contribution in [1.29, 1.82) is 0 Å². The van der Waals surface area contributed by atoms with Crippen molar-refractivity contribution in [3.05, 3.63) is 11.1 Å². The maximum Gasteiger partial charge on any atom is 0.270 e. The first-order chi connectivity index (χ1) is 9.25. The van der Waals surface area contributed by atoms with Crippen molar-refractivity contribution in [3.63, 3.8) is 0 Å². The summed E-state index contributed by atoms with van der Waals surface area (Å²) >= 11 is 1.26. The largest absolute Gasteiger partial charge is 0.379 e. The summed E-state index contributed by atoms with van der Waals surface area (Å²) in [6, 6.07) is 0. The molecule has 1 aliphatic rings. The van der Waals surface area contributed by atoms with Crippen molar-refractivity contribution in [2.75, 3.05) is 32.1 Å². The fourth-order valence-corrected chi connectivity index (χ4v) is 2.39. The summed E-state index contributed by atoms with van der Waals surface area (Å²) in [6.07, 6.45) is 3.24. The standard InChI is InChI=1S/C12H19N3O3S/c13-12-15-10(8-19-12)11(16)14-4-2-5-17-7-9-3-1-6-18-9/h8-9H,1-7H2,(H2,13,15)(H,14,16). The Morgan fingerprint density at radius 2 is 2.58 bits per heavy atom. The Bertz CT molecular complexity index is 405. The lowest BCUT2D eigenvalue weighted by atomic mass is 10.2. The zero-order valence-electron chi connectivity index (χ0n) is 10.8. The van der Waals surface area contributed by atoms with Crippen LogP contribution in [0.15, 0.2) is 5.38 Å². The molecule has 0 aromatic carbocycles. The summed E-state index contributed by atoms with van der Waals surface area (Å²) in [7, 11) is 0. The van der Waals surface area contributed by atoms with E-state index in [9.17, 15) is 4.79 Å². The summed E-state index contributed by atoms with van der Waals surface area (Å²) in [5.41, 5.74) is 5.84. The molecule has 1 amide bonds. The number of hydrogen-bond acceptors (Lipinski definition) is 6. The Morgan fingerprint density at radius 3 is 3.26 bits per heavy atom. The normalized spacial score (nSPS) is 18.6. The first-order valence-electron chi connectivity index (χ1n) is 6.44. The van der Waals surface area contributed by atoms with E-state index in [0.29, 0.717) is 30.6 Å². The minimum absolute atomic E-state index is 0.188. The van der Waals surface area contributed by atoms with Crippen molar-refractivity contribution in [2.45, 2.75) is 25.4 Å². The summed E-state index contributed by atoms with van der Waals surface area (Å²) in [6.45, 7) is 2.69. The summed E-state index contributed by atoms with van der Waals surface area (Å²) in [5.74, 6) is -0.188. The van der Waals surface area contributed by atoms with Gasteiger partial charge in [-0.15, -0.1) is 11.3 Å². The number of nitrogens with two attached hydrogens (primary N) is 1. The van der Waals surface area contributed by atoms with Crippen LogP contribution in [0.2, 0.25) is 0 Å². The topological polar surface area (TPSA) is 86.5 Å². The van der Waals surface area contributed by atoms with Crippen LogP contribution in [0.3, 0.4) is 0 Å². The van der Waals surface area contributed by atoms with Crippen LogP contribution in [0.4, 0.5) is 5.13 Å². The number of nitrogens with one attached hydrogen (secondary N) is 1. The van der Waals surface area contributed by atoms with E-state index in [2.05, 4.69) is 10.3 Å². The second-order valence-electron chi connectivity index (χ2n) is 4.39. The third-order valence-corrected chi connectivity index (χ3v) is 3.51. The average molecular weight is 285 g/mol. The van der Waals surface area contributed by atoms with Gasteiger partial charge >= 0.3 is 0 Å². The molecule has 1 aliphatic heterocycles. The number of aromatic nitrogens is 1. The fourth-order valence-electron chi connectivity index (χ4n) is 1.85. The van der Waals surface area contributed by atoms with E-state index in [1.54, 1.807) is 5.38 Å². The van der Waals surface area contributed by atoms with E-state index in [1.165, 1.54) is 11.3 Å². The van der Waals surface area contributed by atoms with Crippen molar-refractivity contribution >= 4 is 22.4 Å². The minimum atomic E-state index is -0.188. The van der Waals surface area contributed by atoms with Gasteiger partial charge in [0, 0.05) is 25.1 Å². The van der Waals surface area contributed by atoms with Crippen molar-refractivity contribution in [1.82, 2.24) is 10.3 Å². The molecule has 1 atom stereocenters. The number of hydrogen-bond donors (Lipinski definition) is 2. The Labute approximate surface area is 116 Å². The van der Waals surface area contributed by atoms with E-state index < -0.39 is 0 Å². The summed E-state index contributed by atoms with van der Waals surface area (Å²) < 4.78 is 10.9. The number of nitrogens with zero attached hydrogens (tertiary/aromatic N) is 1. The van der Waals surface area contributed by atoms with Crippen LogP contribution in [0.1, 0.15) is 29.8 Å². The molecule has 1 saturated heterocycles. The predicted molar refractivity (Wildman–Crippen MR) is 73.3 cm³/mol. The van der Waals surface area contributed by atoms with E-state index in [0.717, 1.165) is 25.9 Å². The van der Waals surface area contributed by atoms with Gasteiger partial charge in [0.1, 0.15) is 5.69 Å². The number of ether oxygens (including phenoxy) is 2. The molecule has 0 bridgehead atoms. The van der Waals surface area contributed by atoms with Crippen molar-refractivity contribution < 1.29 is 14.3 Å². The molecule has 1 aromatic rings. The molecule has 3 N–H and O–H groups in total. The number of anilines is 1. The molecule has 0 spiro atoms. The zero-order valence-corrected chi connectivity index (χ0v) is 11.6. The summed E-state index contributed by atoms with van der Waals surface area (Å²) in [4.78, 5) is 15.5. The van der Waals surface area contributed by atoms with Crippen LogP contribution in [-0.4, -0.2) is 43.4 Å². The molecular weight excluding hydrogens is 266 g/mol. The molecule has 1 aromatic heterocycles. The second-order valence-corrected chi connectivity index (χ2v) is 5.28. The van der Waals surface area contributed by atoms with Crippen LogP contribution in [0.25, 0.3) is 0 Å². The first-order valence-corrected chi connectivity index (χ1v) is 7.32. The van der Waals surface area contributed by atoms with Crippen LogP contribution in [0.5, 0.6) is 0 Å². The predicted octanol–water partition coefficient (Wildman–Crippen LogP) is 1.04. The van der Waals surface area contributed by atoms with E-state index >= 15 is 0 Å².